The highest BCUT2D eigenvalue weighted by Gasteiger charge is 2.37. The molecule has 0 radical (unpaired) electrons. The van der Waals surface area contributed by atoms with Crippen LogP contribution in [0.5, 0.6) is 0 Å². The zero-order valence-electron chi connectivity index (χ0n) is 14.3. The highest BCUT2D eigenvalue weighted by Crippen LogP contribution is 2.35. The maximum absolute atomic E-state index is 14.4. The van der Waals surface area contributed by atoms with Gasteiger partial charge >= 0.3 is 12.0 Å². The number of H-pyrrole nitrogens is 1. The molecular weight excluding hydrogens is 346 g/mol. The first-order chi connectivity index (χ1) is 12.4. The van der Waals surface area contributed by atoms with Crippen LogP contribution in [0.3, 0.4) is 0 Å². The van der Waals surface area contributed by atoms with E-state index in [0.29, 0.717) is 12.1 Å². The van der Waals surface area contributed by atoms with E-state index in [4.69, 9.17) is 0 Å². The van der Waals surface area contributed by atoms with Crippen LogP contribution in [-0.2, 0) is 16.0 Å². The number of carbonyl (C=O) groups excluding carboxylic acids is 2. The lowest BCUT2D eigenvalue weighted by atomic mass is 9.95. The maximum atomic E-state index is 14.4. The van der Waals surface area contributed by atoms with Gasteiger partial charge < -0.3 is 19.9 Å². The zero-order chi connectivity index (χ0) is 18.8. The number of rotatable bonds is 3. The molecule has 1 aliphatic heterocycles. The molecule has 0 saturated heterocycles. The molecule has 9 heteroatoms. The van der Waals surface area contributed by atoms with Crippen molar-refractivity contribution in [2.24, 2.45) is 0 Å². The number of ether oxygens (including phenoxy) is 1. The SMILES string of the molecule is COC(=O)C(C)NC(=O)N1CCc2[nH]cnc2C1c1cccc(F)c1F. The van der Waals surface area contributed by atoms with Crippen LogP contribution in [-0.4, -0.2) is 46.6 Å². The summed E-state index contributed by atoms with van der Waals surface area (Å²) >= 11 is 0. The average Bonchev–Trinajstić information content (AvgIpc) is 3.11. The Bertz CT molecular complexity index is 839. The van der Waals surface area contributed by atoms with E-state index in [-0.39, 0.29) is 12.1 Å². The van der Waals surface area contributed by atoms with Crippen molar-refractivity contribution in [2.75, 3.05) is 13.7 Å². The van der Waals surface area contributed by atoms with Crippen LogP contribution < -0.4 is 5.32 Å². The standard InChI is InChI=1S/C17H18F2N4O3/c1-9(16(24)26-2)22-17(25)23-7-6-12-14(21-8-20-12)15(23)10-4-3-5-11(18)13(10)19/h3-5,8-9,15H,6-7H2,1-2H3,(H,20,21)(H,22,25). The van der Waals surface area contributed by atoms with E-state index in [2.05, 4.69) is 20.0 Å². The van der Waals surface area contributed by atoms with E-state index in [1.165, 1.54) is 37.4 Å². The first-order valence-corrected chi connectivity index (χ1v) is 8.05. The summed E-state index contributed by atoms with van der Waals surface area (Å²) in [4.78, 5) is 32.7. The molecule has 1 aromatic heterocycles. The molecule has 138 valence electrons. The number of fused-ring (bicyclic) bond motifs is 1. The molecule has 0 saturated carbocycles. The third-order valence-corrected chi connectivity index (χ3v) is 4.36. The third-order valence-electron chi connectivity index (χ3n) is 4.36. The minimum atomic E-state index is -1.04. The third kappa shape index (κ3) is 3.12. The number of nitrogens with one attached hydrogen (secondary N) is 2. The molecule has 1 aromatic carbocycles. The summed E-state index contributed by atoms with van der Waals surface area (Å²) in [5, 5.41) is 2.52. The number of methoxy groups -OCH3 is 1. The number of imidazole rings is 1. The smallest absolute Gasteiger partial charge is 0.328 e. The number of halogens is 2. The zero-order valence-corrected chi connectivity index (χ0v) is 14.3. The lowest BCUT2D eigenvalue weighted by Gasteiger charge is -2.35. The molecule has 0 bridgehead atoms. The van der Waals surface area contributed by atoms with Gasteiger partial charge in [0.2, 0.25) is 0 Å². The topological polar surface area (TPSA) is 87.3 Å². The summed E-state index contributed by atoms with van der Waals surface area (Å²) < 4.78 is 32.8. The Hall–Kier alpha value is -2.97. The summed E-state index contributed by atoms with van der Waals surface area (Å²) in [5.41, 5.74) is 1.20. The van der Waals surface area contributed by atoms with E-state index < -0.39 is 35.7 Å². The molecule has 0 aliphatic carbocycles. The fourth-order valence-electron chi connectivity index (χ4n) is 3.05. The Morgan fingerprint density at radius 2 is 2.19 bits per heavy atom. The van der Waals surface area contributed by atoms with Gasteiger partial charge in [0.25, 0.3) is 0 Å². The Morgan fingerprint density at radius 1 is 1.42 bits per heavy atom. The van der Waals surface area contributed by atoms with Crippen LogP contribution in [0.15, 0.2) is 24.5 Å². The summed E-state index contributed by atoms with van der Waals surface area (Å²) in [5.74, 6) is -2.65. The number of carbonyl (C=O) groups is 2. The lowest BCUT2D eigenvalue weighted by molar-refractivity contribution is -0.142. The molecule has 26 heavy (non-hydrogen) atoms. The molecule has 2 aromatic rings. The molecule has 2 unspecified atom stereocenters. The second-order valence-electron chi connectivity index (χ2n) is 5.95. The summed E-state index contributed by atoms with van der Waals surface area (Å²) in [6, 6.07) is 1.41. The van der Waals surface area contributed by atoms with Gasteiger partial charge in [0.1, 0.15) is 12.1 Å². The second kappa shape index (κ2) is 7.11. The largest absolute Gasteiger partial charge is 0.467 e. The van der Waals surface area contributed by atoms with Gasteiger partial charge in [0.15, 0.2) is 11.6 Å². The van der Waals surface area contributed by atoms with Crippen LogP contribution >= 0.6 is 0 Å². The number of urea groups is 1. The number of esters is 1. The molecule has 0 spiro atoms. The average molecular weight is 364 g/mol. The van der Waals surface area contributed by atoms with Crippen molar-refractivity contribution in [2.45, 2.75) is 25.4 Å². The van der Waals surface area contributed by atoms with Crippen molar-refractivity contribution in [3.8, 4) is 0 Å². The number of hydrogen-bond donors (Lipinski definition) is 2. The Balaban J connectivity index is 1.97. The number of aromatic nitrogens is 2. The van der Waals surface area contributed by atoms with Crippen molar-refractivity contribution in [1.82, 2.24) is 20.2 Å². The minimum Gasteiger partial charge on any atom is -0.467 e. The molecule has 0 fully saturated rings. The number of nitrogens with zero attached hydrogens (tertiary/aromatic N) is 2. The molecule has 2 N–H and O–H groups in total. The Morgan fingerprint density at radius 3 is 2.92 bits per heavy atom. The molecule has 1 aliphatic rings. The van der Waals surface area contributed by atoms with Gasteiger partial charge in [0.05, 0.1) is 19.1 Å². The molecule has 2 amide bonds. The van der Waals surface area contributed by atoms with Crippen LogP contribution in [0.25, 0.3) is 0 Å². The quantitative estimate of drug-likeness (QED) is 0.815. The first kappa shape index (κ1) is 17.8. The van der Waals surface area contributed by atoms with Crippen molar-refractivity contribution < 1.29 is 23.1 Å². The van der Waals surface area contributed by atoms with Crippen molar-refractivity contribution in [1.29, 1.82) is 0 Å². The molecule has 3 rings (SSSR count). The molecule has 7 nitrogen and oxygen atoms in total. The van der Waals surface area contributed by atoms with E-state index in [1.807, 2.05) is 0 Å². The summed E-state index contributed by atoms with van der Waals surface area (Å²) in [7, 11) is 1.22. The van der Waals surface area contributed by atoms with E-state index in [1.54, 1.807) is 0 Å². The second-order valence-corrected chi connectivity index (χ2v) is 5.95. The number of amides is 2. The van der Waals surface area contributed by atoms with Crippen molar-refractivity contribution >= 4 is 12.0 Å². The predicted molar refractivity (Wildman–Crippen MR) is 87.2 cm³/mol. The molecular formula is C17H18F2N4O3. The van der Waals surface area contributed by atoms with Crippen molar-refractivity contribution in [3.63, 3.8) is 0 Å². The fraction of sp³-hybridized carbons (Fsp3) is 0.353. The highest BCUT2D eigenvalue weighted by atomic mass is 19.2. The van der Waals surface area contributed by atoms with Gasteiger partial charge in [-0.3, -0.25) is 0 Å². The Kier molecular flexibility index (Phi) is 4.88. The number of benzene rings is 1. The van der Waals surface area contributed by atoms with Crippen LogP contribution in [0.4, 0.5) is 13.6 Å². The number of hydrogen-bond acceptors (Lipinski definition) is 4. The van der Waals surface area contributed by atoms with Gasteiger partial charge in [-0.2, -0.15) is 0 Å². The summed E-state index contributed by atoms with van der Waals surface area (Å²) in [6.45, 7) is 1.72. The van der Waals surface area contributed by atoms with Crippen LogP contribution in [0.2, 0.25) is 0 Å². The maximum Gasteiger partial charge on any atom is 0.328 e. The lowest BCUT2D eigenvalue weighted by Crippen LogP contribution is -2.50. The highest BCUT2D eigenvalue weighted by molar-refractivity contribution is 5.83. The van der Waals surface area contributed by atoms with E-state index >= 15 is 0 Å². The Labute approximate surface area is 148 Å². The van der Waals surface area contributed by atoms with Gasteiger partial charge in [-0.05, 0) is 13.0 Å². The van der Waals surface area contributed by atoms with Crippen molar-refractivity contribution in [3.05, 3.63) is 53.1 Å². The minimum absolute atomic E-state index is 0.000999. The molecule has 2 atom stereocenters. The van der Waals surface area contributed by atoms with Crippen LogP contribution in [0.1, 0.15) is 29.9 Å². The normalized spacial score (nSPS) is 17.4. The predicted octanol–water partition coefficient (Wildman–Crippen LogP) is 1.91. The fourth-order valence-corrected chi connectivity index (χ4v) is 3.05. The van der Waals surface area contributed by atoms with E-state index in [9.17, 15) is 18.4 Å². The van der Waals surface area contributed by atoms with Crippen LogP contribution in [0, 0.1) is 11.6 Å². The monoisotopic (exact) mass is 364 g/mol. The van der Waals surface area contributed by atoms with Gasteiger partial charge in [-0.1, -0.05) is 12.1 Å². The van der Waals surface area contributed by atoms with Gasteiger partial charge in [-0.25, -0.2) is 23.4 Å². The van der Waals surface area contributed by atoms with E-state index in [0.717, 1.165) is 11.8 Å². The van der Waals surface area contributed by atoms with Gasteiger partial charge in [0, 0.05) is 24.2 Å². The first-order valence-electron chi connectivity index (χ1n) is 8.05. The van der Waals surface area contributed by atoms with Gasteiger partial charge in [-0.15, -0.1) is 0 Å². The summed E-state index contributed by atoms with van der Waals surface area (Å²) in [6.07, 6.45) is 1.93. The number of aromatic amines is 1. The molecule has 2 heterocycles.